The summed E-state index contributed by atoms with van der Waals surface area (Å²) in [6, 6.07) is 0. The number of hydrogen-bond donors (Lipinski definition) is 1. The molecule has 15 heavy (non-hydrogen) atoms. The van der Waals surface area contributed by atoms with Gasteiger partial charge in [-0.3, -0.25) is 5.73 Å². The Bertz CT molecular complexity index is 136. The minimum Gasteiger partial charge on any atom is -1.00 e. The first-order chi connectivity index (χ1) is 6.63. The molecule has 0 saturated heterocycles. The zero-order valence-electron chi connectivity index (χ0n) is 10.9. The molecule has 0 bridgehead atoms. The third kappa shape index (κ3) is 6.24. The van der Waals surface area contributed by atoms with Gasteiger partial charge in [-0.25, -0.2) is 0 Å². The zero-order valence-corrected chi connectivity index (χ0v) is 13.4. The van der Waals surface area contributed by atoms with E-state index in [1.54, 1.807) is 0 Å². The second-order valence-electron chi connectivity index (χ2n) is 4.38. The fourth-order valence-corrected chi connectivity index (χ4v) is 5.67. The summed E-state index contributed by atoms with van der Waals surface area (Å²) in [6.07, 6.45) is 9.66. The molecule has 0 aliphatic carbocycles. The van der Waals surface area contributed by atoms with E-state index in [2.05, 4.69) is 27.7 Å². The average molecular weight is 298 g/mol. The van der Waals surface area contributed by atoms with Crippen molar-refractivity contribution in [2.45, 2.75) is 59.2 Å². The van der Waals surface area contributed by atoms with Crippen LogP contribution in [0, 0.1) is 0 Å². The van der Waals surface area contributed by atoms with Crippen molar-refractivity contribution in [1.82, 2.24) is 0 Å². The van der Waals surface area contributed by atoms with Gasteiger partial charge in [0.05, 0.1) is 18.5 Å². The maximum absolute atomic E-state index is 6.16. The topological polar surface area (TPSA) is 26.0 Å². The predicted octanol–water partition coefficient (Wildman–Crippen LogP) is 0.933. The molecule has 0 heterocycles. The highest BCUT2D eigenvalue weighted by Gasteiger charge is 2.36. The van der Waals surface area contributed by atoms with Gasteiger partial charge in [0.25, 0.3) is 0 Å². The second kappa shape index (κ2) is 10.1. The fraction of sp³-hybridized carbons (Fsp3) is 1.00. The van der Waals surface area contributed by atoms with Gasteiger partial charge in [0, 0.05) is 7.26 Å². The number of hydrogen-bond acceptors (Lipinski definition) is 1. The van der Waals surface area contributed by atoms with Gasteiger partial charge in [-0.15, -0.1) is 0 Å². The van der Waals surface area contributed by atoms with E-state index in [1.165, 1.54) is 44.2 Å². The monoisotopic (exact) mass is 297 g/mol. The molecule has 0 rings (SSSR count). The van der Waals surface area contributed by atoms with Crippen LogP contribution < -0.4 is 22.7 Å². The summed E-state index contributed by atoms with van der Waals surface area (Å²) in [5.74, 6) is 0.458. The van der Waals surface area contributed by atoms with Gasteiger partial charge >= 0.3 is 0 Å². The predicted molar refractivity (Wildman–Crippen MR) is 70.7 cm³/mol. The lowest BCUT2D eigenvalue weighted by Gasteiger charge is -2.28. The Labute approximate surface area is 108 Å². The summed E-state index contributed by atoms with van der Waals surface area (Å²) >= 11 is 0. The molecule has 0 aromatic heterocycles. The first-order valence-corrected chi connectivity index (χ1v) is 8.65. The van der Waals surface area contributed by atoms with Crippen molar-refractivity contribution < 1.29 is 17.0 Å². The summed E-state index contributed by atoms with van der Waals surface area (Å²) in [4.78, 5) is 0. The van der Waals surface area contributed by atoms with Crippen LogP contribution in [0.2, 0.25) is 0 Å². The van der Waals surface area contributed by atoms with E-state index < -0.39 is 7.26 Å². The van der Waals surface area contributed by atoms with Crippen LogP contribution in [0.1, 0.15) is 53.4 Å². The first kappa shape index (κ1) is 18.2. The van der Waals surface area contributed by atoms with E-state index in [0.717, 1.165) is 0 Å². The molecule has 0 aromatic rings. The number of halogens is 1. The third-order valence-electron chi connectivity index (χ3n) is 3.58. The summed E-state index contributed by atoms with van der Waals surface area (Å²) in [5.41, 5.74) is 6.16. The molecule has 0 radical (unpaired) electrons. The molecular weight excluding hydrogens is 269 g/mol. The Hall–Kier alpha value is 0.870. The van der Waals surface area contributed by atoms with Crippen LogP contribution in [0.15, 0.2) is 0 Å². The first-order valence-electron chi connectivity index (χ1n) is 6.24. The minimum absolute atomic E-state index is 0. The van der Waals surface area contributed by atoms with Crippen molar-refractivity contribution >= 4 is 7.26 Å². The molecule has 0 aromatic carbocycles. The van der Waals surface area contributed by atoms with E-state index in [-0.39, 0.29) is 17.0 Å². The van der Waals surface area contributed by atoms with Gasteiger partial charge in [0.15, 0.2) is 0 Å². The van der Waals surface area contributed by atoms with E-state index in [9.17, 15) is 0 Å². The average Bonchev–Trinajstić information content (AvgIpc) is 2.18. The summed E-state index contributed by atoms with van der Waals surface area (Å²) in [7, 11) is -0.792. The third-order valence-corrected chi connectivity index (χ3v) is 9.03. The molecule has 1 nitrogen and oxygen atoms in total. The highest BCUT2D eigenvalue weighted by atomic mass is 79.9. The SMILES string of the molecule is CCCCCC[P+](CC)(CC)C(C)N.[Br-]. The van der Waals surface area contributed by atoms with E-state index in [0.29, 0.717) is 5.78 Å². The van der Waals surface area contributed by atoms with Gasteiger partial charge in [-0.05, 0) is 33.6 Å². The van der Waals surface area contributed by atoms with E-state index in [4.69, 9.17) is 5.73 Å². The molecule has 1 atom stereocenters. The lowest BCUT2D eigenvalue weighted by Crippen LogP contribution is -3.00. The lowest BCUT2D eigenvalue weighted by molar-refractivity contribution is -0.00000341. The quantitative estimate of drug-likeness (QED) is 0.524. The van der Waals surface area contributed by atoms with Gasteiger partial charge in [-0.2, -0.15) is 0 Å². The van der Waals surface area contributed by atoms with E-state index in [1.807, 2.05) is 0 Å². The fourth-order valence-electron chi connectivity index (χ4n) is 2.17. The maximum atomic E-state index is 6.16. The van der Waals surface area contributed by atoms with Crippen molar-refractivity contribution in [3.8, 4) is 0 Å². The summed E-state index contributed by atoms with van der Waals surface area (Å²) < 4.78 is 0. The number of nitrogens with two attached hydrogens (primary N) is 1. The normalized spacial score (nSPS) is 13.4. The Morgan fingerprint density at radius 1 is 1.00 bits per heavy atom. The van der Waals surface area contributed by atoms with Crippen molar-refractivity contribution in [3.63, 3.8) is 0 Å². The van der Waals surface area contributed by atoms with Crippen LogP contribution in [0.5, 0.6) is 0 Å². The molecule has 0 aliphatic rings. The minimum atomic E-state index is -0.792. The second-order valence-corrected chi connectivity index (χ2v) is 9.34. The molecule has 3 heteroatoms. The Kier molecular flexibility index (Phi) is 12.2. The molecular formula is C12H29BrNP. The number of unbranched alkanes of at least 4 members (excludes halogenated alkanes) is 3. The largest absolute Gasteiger partial charge is 1.00 e. The van der Waals surface area contributed by atoms with Gasteiger partial charge in [0.2, 0.25) is 0 Å². The van der Waals surface area contributed by atoms with Crippen LogP contribution in [0.25, 0.3) is 0 Å². The molecule has 1 unspecified atom stereocenters. The maximum Gasteiger partial charge on any atom is 0.114 e. The van der Waals surface area contributed by atoms with Crippen molar-refractivity contribution in [3.05, 3.63) is 0 Å². The smallest absolute Gasteiger partial charge is 0.114 e. The standard InChI is InChI=1S/C12H29NP.BrH/c1-5-8-9-10-11-14(6-2,7-3)12(4)13;/h12H,5-11,13H2,1-4H3;1H/q+1;/p-1. The van der Waals surface area contributed by atoms with Crippen molar-refractivity contribution in [2.75, 3.05) is 18.5 Å². The molecule has 0 saturated carbocycles. The molecule has 0 aliphatic heterocycles. The van der Waals surface area contributed by atoms with Crippen LogP contribution in [0.3, 0.4) is 0 Å². The summed E-state index contributed by atoms with van der Waals surface area (Å²) in [6.45, 7) is 9.16. The number of rotatable bonds is 8. The highest BCUT2D eigenvalue weighted by molar-refractivity contribution is 7.76. The Balaban J connectivity index is 0. The molecule has 0 fully saturated rings. The van der Waals surface area contributed by atoms with Gasteiger partial charge in [0.1, 0.15) is 5.78 Å². The van der Waals surface area contributed by atoms with E-state index >= 15 is 0 Å². The van der Waals surface area contributed by atoms with Crippen LogP contribution >= 0.6 is 7.26 Å². The van der Waals surface area contributed by atoms with Gasteiger partial charge in [-0.1, -0.05) is 19.8 Å². The van der Waals surface area contributed by atoms with Crippen molar-refractivity contribution in [2.24, 2.45) is 5.73 Å². The lowest BCUT2D eigenvalue weighted by atomic mass is 10.2. The zero-order chi connectivity index (χ0) is 11.0. The summed E-state index contributed by atoms with van der Waals surface area (Å²) in [5, 5.41) is 0. The molecule has 2 N–H and O–H groups in total. The van der Waals surface area contributed by atoms with Crippen molar-refractivity contribution in [1.29, 1.82) is 0 Å². The Morgan fingerprint density at radius 2 is 1.53 bits per heavy atom. The van der Waals surface area contributed by atoms with Crippen LogP contribution in [-0.2, 0) is 0 Å². The van der Waals surface area contributed by atoms with Crippen LogP contribution in [-0.4, -0.2) is 24.3 Å². The van der Waals surface area contributed by atoms with Gasteiger partial charge < -0.3 is 17.0 Å². The Morgan fingerprint density at radius 3 is 1.87 bits per heavy atom. The molecule has 0 amide bonds. The molecule has 94 valence electrons. The molecule has 0 spiro atoms. The highest BCUT2D eigenvalue weighted by Crippen LogP contribution is 2.61. The van der Waals surface area contributed by atoms with Crippen LogP contribution in [0.4, 0.5) is 0 Å².